The molecule has 1 heterocycles. The number of ether oxygens (including phenoxy) is 1. The van der Waals surface area contributed by atoms with E-state index in [-0.39, 0.29) is 6.10 Å². The molecular formula is C20H25NO4. The fraction of sp³-hybridized carbons (Fsp3) is 0.450. The summed E-state index contributed by atoms with van der Waals surface area (Å²) in [6, 6.07) is 12.2. The van der Waals surface area contributed by atoms with Crippen LogP contribution in [0.3, 0.4) is 0 Å². The molecule has 1 aliphatic rings. The van der Waals surface area contributed by atoms with Crippen LogP contribution in [-0.2, 0) is 11.3 Å². The highest BCUT2D eigenvalue weighted by Crippen LogP contribution is 2.31. The first-order valence-corrected chi connectivity index (χ1v) is 8.76. The van der Waals surface area contributed by atoms with Crippen LogP contribution >= 0.6 is 0 Å². The molecule has 2 aromatic carbocycles. The molecule has 1 saturated heterocycles. The Morgan fingerprint density at radius 3 is 2.72 bits per heavy atom. The maximum Gasteiger partial charge on any atom is 0.309 e. The molecule has 5 heteroatoms. The summed E-state index contributed by atoms with van der Waals surface area (Å²) in [5, 5.41) is 21.6. The van der Waals surface area contributed by atoms with Crippen molar-refractivity contribution in [2.45, 2.75) is 39.0 Å². The van der Waals surface area contributed by atoms with E-state index in [0.29, 0.717) is 26.1 Å². The smallest absolute Gasteiger partial charge is 0.309 e. The van der Waals surface area contributed by atoms with Crippen molar-refractivity contribution >= 4 is 16.7 Å². The van der Waals surface area contributed by atoms with Crippen molar-refractivity contribution in [2.75, 3.05) is 13.1 Å². The van der Waals surface area contributed by atoms with Gasteiger partial charge in [-0.2, -0.15) is 0 Å². The third-order valence-electron chi connectivity index (χ3n) is 4.73. The number of carboxylic acid groups (broad SMARTS) is 1. The molecule has 5 nitrogen and oxygen atoms in total. The lowest BCUT2D eigenvalue weighted by Crippen LogP contribution is -2.46. The zero-order valence-corrected chi connectivity index (χ0v) is 14.7. The first-order valence-electron chi connectivity index (χ1n) is 8.76. The number of piperidine rings is 1. The molecule has 0 aliphatic carbocycles. The number of aliphatic hydroxyl groups is 1. The Morgan fingerprint density at radius 1 is 1.28 bits per heavy atom. The average molecular weight is 343 g/mol. The predicted molar refractivity (Wildman–Crippen MR) is 96.7 cm³/mol. The van der Waals surface area contributed by atoms with Gasteiger partial charge in [-0.1, -0.05) is 30.3 Å². The van der Waals surface area contributed by atoms with Gasteiger partial charge in [-0.15, -0.1) is 0 Å². The lowest BCUT2D eigenvalue weighted by atomic mass is 9.93. The van der Waals surface area contributed by atoms with Gasteiger partial charge in [-0.3, -0.25) is 9.69 Å². The van der Waals surface area contributed by atoms with E-state index in [1.165, 1.54) is 0 Å². The average Bonchev–Trinajstić information content (AvgIpc) is 2.56. The highest BCUT2D eigenvalue weighted by molar-refractivity contribution is 5.87. The molecule has 25 heavy (non-hydrogen) atoms. The second-order valence-electron chi connectivity index (χ2n) is 6.97. The summed E-state index contributed by atoms with van der Waals surface area (Å²) in [5.41, 5.74) is 1.09. The van der Waals surface area contributed by atoms with E-state index in [1.54, 1.807) is 0 Å². The molecule has 1 fully saturated rings. The van der Waals surface area contributed by atoms with Crippen LogP contribution in [0.2, 0.25) is 0 Å². The third-order valence-corrected chi connectivity index (χ3v) is 4.73. The Balaban J connectivity index is 1.88. The Labute approximate surface area is 147 Å². The van der Waals surface area contributed by atoms with E-state index in [2.05, 4.69) is 23.1 Å². The van der Waals surface area contributed by atoms with E-state index in [9.17, 15) is 15.0 Å². The predicted octanol–water partition coefficient (Wildman–Crippen LogP) is 2.89. The van der Waals surface area contributed by atoms with Gasteiger partial charge in [0.25, 0.3) is 0 Å². The van der Waals surface area contributed by atoms with Crippen LogP contribution in [0.1, 0.15) is 25.8 Å². The summed E-state index contributed by atoms with van der Waals surface area (Å²) >= 11 is 0. The minimum absolute atomic E-state index is 0.0725. The molecule has 0 amide bonds. The van der Waals surface area contributed by atoms with Gasteiger partial charge in [0, 0.05) is 18.7 Å². The quantitative estimate of drug-likeness (QED) is 0.873. The zero-order valence-electron chi connectivity index (χ0n) is 14.7. The van der Waals surface area contributed by atoms with Gasteiger partial charge < -0.3 is 14.9 Å². The van der Waals surface area contributed by atoms with Crippen molar-refractivity contribution in [3.8, 4) is 5.75 Å². The molecule has 1 aliphatic heterocycles. The van der Waals surface area contributed by atoms with Crippen LogP contribution in [0.4, 0.5) is 0 Å². The molecule has 2 aromatic rings. The van der Waals surface area contributed by atoms with Crippen LogP contribution in [0, 0.1) is 5.92 Å². The van der Waals surface area contributed by atoms with Crippen LogP contribution < -0.4 is 4.74 Å². The van der Waals surface area contributed by atoms with Crippen molar-refractivity contribution in [1.82, 2.24) is 4.90 Å². The first-order chi connectivity index (χ1) is 12.0. The van der Waals surface area contributed by atoms with Crippen molar-refractivity contribution in [3.05, 3.63) is 42.0 Å². The highest BCUT2D eigenvalue weighted by Gasteiger charge is 2.33. The number of β-amino-alcohol motifs (C(OH)–C–C–N with tert-alkyl or cyclic N) is 1. The van der Waals surface area contributed by atoms with Crippen molar-refractivity contribution in [3.63, 3.8) is 0 Å². The standard InChI is InChI=1S/C20H25NO4/c1-13(2)25-19-8-7-14-5-3-4-6-15(14)17(19)11-21-10-9-16(20(23)24)18(22)12-21/h3-8,13,16,18,22H,9-12H2,1-2H3,(H,23,24)/t16-,18+/m0/s1. The molecule has 0 unspecified atom stereocenters. The number of hydrogen-bond acceptors (Lipinski definition) is 4. The number of benzene rings is 2. The third kappa shape index (κ3) is 3.94. The van der Waals surface area contributed by atoms with E-state index in [4.69, 9.17) is 4.74 Å². The lowest BCUT2D eigenvalue weighted by Gasteiger charge is -2.34. The summed E-state index contributed by atoms with van der Waals surface area (Å²) in [5.74, 6) is -0.736. The Bertz CT molecular complexity index is 758. The molecule has 3 rings (SSSR count). The van der Waals surface area contributed by atoms with Crippen LogP contribution in [0.15, 0.2) is 36.4 Å². The summed E-state index contributed by atoms with van der Waals surface area (Å²) in [6.45, 7) is 5.65. The highest BCUT2D eigenvalue weighted by atomic mass is 16.5. The van der Waals surface area contributed by atoms with Gasteiger partial charge in [-0.05, 0) is 43.7 Å². The lowest BCUT2D eigenvalue weighted by molar-refractivity contribution is -0.148. The van der Waals surface area contributed by atoms with E-state index < -0.39 is 18.0 Å². The molecule has 134 valence electrons. The maximum absolute atomic E-state index is 11.2. The monoisotopic (exact) mass is 343 g/mol. The number of hydrogen-bond donors (Lipinski definition) is 2. The number of aliphatic carboxylic acids is 1. The molecule has 0 aromatic heterocycles. The molecule has 0 spiro atoms. The second kappa shape index (κ2) is 7.42. The van der Waals surface area contributed by atoms with Crippen LogP contribution in [0.5, 0.6) is 5.75 Å². The largest absolute Gasteiger partial charge is 0.491 e. The number of rotatable bonds is 5. The van der Waals surface area contributed by atoms with E-state index in [0.717, 1.165) is 22.1 Å². The number of likely N-dealkylation sites (tertiary alicyclic amines) is 1. The number of fused-ring (bicyclic) bond motifs is 1. The Morgan fingerprint density at radius 2 is 2.04 bits per heavy atom. The van der Waals surface area contributed by atoms with Gasteiger partial charge in [-0.25, -0.2) is 0 Å². The Hall–Kier alpha value is -2.11. The molecule has 0 bridgehead atoms. The molecular weight excluding hydrogens is 318 g/mol. The summed E-state index contributed by atoms with van der Waals surface area (Å²) in [7, 11) is 0. The minimum Gasteiger partial charge on any atom is -0.491 e. The van der Waals surface area contributed by atoms with Gasteiger partial charge in [0.05, 0.1) is 18.1 Å². The minimum atomic E-state index is -0.916. The van der Waals surface area contributed by atoms with Crippen molar-refractivity contribution < 1.29 is 19.7 Å². The SMILES string of the molecule is CC(C)Oc1ccc2ccccc2c1CN1CC[C@H](C(=O)O)[C@H](O)C1. The molecule has 0 saturated carbocycles. The maximum atomic E-state index is 11.2. The molecule has 2 atom stereocenters. The van der Waals surface area contributed by atoms with Crippen molar-refractivity contribution in [2.24, 2.45) is 5.92 Å². The topological polar surface area (TPSA) is 70.0 Å². The number of aliphatic hydroxyl groups excluding tert-OH is 1. The first kappa shape index (κ1) is 17.7. The van der Waals surface area contributed by atoms with Gasteiger partial charge in [0.2, 0.25) is 0 Å². The normalized spacial score (nSPS) is 21.6. The van der Waals surface area contributed by atoms with Gasteiger partial charge in [0.15, 0.2) is 0 Å². The van der Waals surface area contributed by atoms with Crippen molar-refractivity contribution in [1.29, 1.82) is 0 Å². The van der Waals surface area contributed by atoms with E-state index in [1.807, 2.05) is 32.0 Å². The summed E-state index contributed by atoms with van der Waals surface area (Å²) in [6.07, 6.45) is -0.305. The number of nitrogens with zero attached hydrogens (tertiary/aromatic N) is 1. The number of carbonyl (C=O) groups is 1. The van der Waals surface area contributed by atoms with Crippen LogP contribution in [-0.4, -0.2) is 46.4 Å². The van der Waals surface area contributed by atoms with Crippen LogP contribution in [0.25, 0.3) is 10.8 Å². The van der Waals surface area contributed by atoms with Gasteiger partial charge in [0.1, 0.15) is 5.75 Å². The fourth-order valence-electron chi connectivity index (χ4n) is 3.50. The number of carboxylic acids is 1. The zero-order chi connectivity index (χ0) is 18.0. The Kier molecular flexibility index (Phi) is 5.25. The summed E-state index contributed by atoms with van der Waals surface area (Å²) < 4.78 is 6.00. The van der Waals surface area contributed by atoms with Gasteiger partial charge >= 0.3 is 5.97 Å². The molecule has 2 N–H and O–H groups in total. The van der Waals surface area contributed by atoms with E-state index >= 15 is 0 Å². The summed E-state index contributed by atoms with van der Waals surface area (Å²) in [4.78, 5) is 13.3. The molecule has 0 radical (unpaired) electrons. The second-order valence-corrected chi connectivity index (χ2v) is 6.97. The fourth-order valence-corrected chi connectivity index (χ4v) is 3.50.